The minimum absolute atomic E-state index is 0.0690. The lowest BCUT2D eigenvalue weighted by molar-refractivity contribution is -0.137. The van der Waals surface area contributed by atoms with Crippen LogP contribution in [0.15, 0.2) is 0 Å². The Morgan fingerprint density at radius 3 is 2.50 bits per heavy atom. The fourth-order valence-corrected chi connectivity index (χ4v) is 2.29. The molecule has 116 valence electrons. The molecule has 0 atom stereocenters. The summed E-state index contributed by atoms with van der Waals surface area (Å²) in [6, 6.07) is 0.141. The number of carboxylic acid groups (broad SMARTS) is 1. The fourth-order valence-electron chi connectivity index (χ4n) is 2.29. The van der Waals surface area contributed by atoms with Crippen molar-refractivity contribution in [2.45, 2.75) is 52.0 Å². The predicted octanol–water partition coefficient (Wildman–Crippen LogP) is 1.32. The monoisotopic (exact) mass is 285 g/mol. The van der Waals surface area contributed by atoms with Crippen LogP contribution in [-0.4, -0.2) is 42.8 Å². The number of aliphatic carboxylic acids is 1. The molecule has 20 heavy (non-hydrogen) atoms. The van der Waals surface area contributed by atoms with Gasteiger partial charge in [0.2, 0.25) is 0 Å². The van der Waals surface area contributed by atoms with Crippen LogP contribution in [-0.2, 0) is 4.79 Å². The van der Waals surface area contributed by atoms with Crippen LogP contribution >= 0.6 is 0 Å². The first-order valence-electron chi connectivity index (χ1n) is 7.36. The van der Waals surface area contributed by atoms with Gasteiger partial charge in [0, 0.05) is 19.0 Å². The van der Waals surface area contributed by atoms with Gasteiger partial charge in [0.15, 0.2) is 0 Å². The standard InChI is InChI=1S/C14H27N3O3/c1-14(2,6-3-12(18)19)7-10-16-13(20)17-11-4-8-15-9-5-11/h11,15H,3-10H2,1-2H3,(H,18,19)(H2,16,17,20). The van der Waals surface area contributed by atoms with Gasteiger partial charge >= 0.3 is 12.0 Å². The van der Waals surface area contributed by atoms with Crippen LogP contribution in [0.4, 0.5) is 4.79 Å². The number of carbonyl (C=O) groups is 2. The summed E-state index contributed by atoms with van der Waals surface area (Å²) in [5.41, 5.74) is -0.0690. The highest BCUT2D eigenvalue weighted by Gasteiger charge is 2.20. The molecule has 0 unspecified atom stereocenters. The van der Waals surface area contributed by atoms with Crippen LogP contribution in [0, 0.1) is 5.41 Å². The minimum Gasteiger partial charge on any atom is -0.481 e. The van der Waals surface area contributed by atoms with E-state index in [0.29, 0.717) is 13.0 Å². The SMILES string of the molecule is CC(C)(CCNC(=O)NC1CCNCC1)CCC(=O)O. The van der Waals surface area contributed by atoms with Gasteiger partial charge in [-0.05, 0) is 44.2 Å². The normalized spacial score (nSPS) is 16.7. The van der Waals surface area contributed by atoms with Crippen molar-refractivity contribution in [3.63, 3.8) is 0 Å². The largest absolute Gasteiger partial charge is 0.481 e. The maximum atomic E-state index is 11.7. The molecule has 1 fully saturated rings. The van der Waals surface area contributed by atoms with Crippen molar-refractivity contribution in [3.8, 4) is 0 Å². The average Bonchev–Trinajstić information content (AvgIpc) is 2.37. The zero-order valence-corrected chi connectivity index (χ0v) is 12.5. The Morgan fingerprint density at radius 2 is 1.90 bits per heavy atom. The van der Waals surface area contributed by atoms with E-state index in [1.54, 1.807) is 0 Å². The number of hydrogen-bond acceptors (Lipinski definition) is 3. The topological polar surface area (TPSA) is 90.5 Å². The molecule has 1 aliphatic rings. The molecule has 1 saturated heterocycles. The average molecular weight is 285 g/mol. The Hall–Kier alpha value is -1.30. The zero-order valence-electron chi connectivity index (χ0n) is 12.5. The molecular weight excluding hydrogens is 258 g/mol. The molecule has 1 aliphatic heterocycles. The molecule has 0 bridgehead atoms. The van der Waals surface area contributed by atoms with Crippen molar-refractivity contribution in [2.75, 3.05) is 19.6 Å². The summed E-state index contributed by atoms with van der Waals surface area (Å²) < 4.78 is 0. The molecule has 0 aromatic rings. The molecule has 0 saturated carbocycles. The first-order valence-corrected chi connectivity index (χ1v) is 7.36. The van der Waals surface area contributed by atoms with E-state index in [-0.39, 0.29) is 23.9 Å². The molecule has 0 aliphatic carbocycles. The Morgan fingerprint density at radius 1 is 1.25 bits per heavy atom. The second-order valence-electron chi connectivity index (χ2n) is 6.23. The molecule has 6 heteroatoms. The van der Waals surface area contributed by atoms with Gasteiger partial charge in [-0.3, -0.25) is 4.79 Å². The van der Waals surface area contributed by atoms with Crippen molar-refractivity contribution < 1.29 is 14.7 Å². The van der Waals surface area contributed by atoms with Gasteiger partial charge in [-0.15, -0.1) is 0 Å². The van der Waals surface area contributed by atoms with Crippen molar-refractivity contribution in [2.24, 2.45) is 5.41 Å². The van der Waals surface area contributed by atoms with Gasteiger partial charge in [0.05, 0.1) is 0 Å². The molecule has 1 heterocycles. The van der Waals surface area contributed by atoms with E-state index in [4.69, 9.17) is 5.11 Å². The molecule has 4 N–H and O–H groups in total. The number of urea groups is 1. The highest BCUT2D eigenvalue weighted by Crippen LogP contribution is 2.25. The van der Waals surface area contributed by atoms with E-state index in [1.165, 1.54) is 0 Å². The molecule has 0 spiro atoms. The minimum atomic E-state index is -0.769. The molecule has 0 aromatic heterocycles. The molecule has 0 aromatic carbocycles. The third-order valence-corrected chi connectivity index (χ3v) is 3.78. The number of rotatable bonds is 7. The van der Waals surface area contributed by atoms with Crippen LogP contribution in [0.2, 0.25) is 0 Å². The van der Waals surface area contributed by atoms with Crippen molar-refractivity contribution >= 4 is 12.0 Å². The van der Waals surface area contributed by atoms with Gasteiger partial charge < -0.3 is 21.1 Å². The van der Waals surface area contributed by atoms with Crippen molar-refractivity contribution in [1.82, 2.24) is 16.0 Å². The number of carbonyl (C=O) groups excluding carboxylic acids is 1. The first-order chi connectivity index (χ1) is 9.39. The van der Waals surface area contributed by atoms with Gasteiger partial charge in [0.1, 0.15) is 0 Å². The van der Waals surface area contributed by atoms with E-state index in [1.807, 2.05) is 13.8 Å². The van der Waals surface area contributed by atoms with Crippen LogP contribution in [0.5, 0.6) is 0 Å². The summed E-state index contributed by atoms with van der Waals surface area (Å²) >= 11 is 0. The lowest BCUT2D eigenvalue weighted by atomic mass is 9.84. The molecule has 1 rings (SSSR count). The zero-order chi connectivity index (χ0) is 15.0. The summed E-state index contributed by atoms with van der Waals surface area (Å²) in [5, 5.41) is 17.8. The van der Waals surface area contributed by atoms with Crippen LogP contribution in [0.25, 0.3) is 0 Å². The summed E-state index contributed by atoms with van der Waals surface area (Å²) in [6.45, 7) is 6.54. The van der Waals surface area contributed by atoms with Crippen LogP contribution in [0.1, 0.15) is 46.0 Å². The summed E-state index contributed by atoms with van der Waals surface area (Å²) in [7, 11) is 0. The summed E-state index contributed by atoms with van der Waals surface area (Å²) in [6.07, 6.45) is 3.52. The summed E-state index contributed by atoms with van der Waals surface area (Å²) in [4.78, 5) is 22.3. The van der Waals surface area contributed by atoms with Crippen LogP contribution in [0.3, 0.4) is 0 Å². The maximum Gasteiger partial charge on any atom is 0.315 e. The van der Waals surface area contributed by atoms with E-state index >= 15 is 0 Å². The van der Waals surface area contributed by atoms with Gasteiger partial charge in [0.25, 0.3) is 0 Å². The number of amides is 2. The Balaban J connectivity index is 2.15. The Bertz CT molecular complexity index is 326. The highest BCUT2D eigenvalue weighted by atomic mass is 16.4. The second-order valence-corrected chi connectivity index (χ2v) is 6.23. The third kappa shape index (κ3) is 7.33. The smallest absolute Gasteiger partial charge is 0.315 e. The quantitative estimate of drug-likeness (QED) is 0.568. The number of nitrogens with one attached hydrogen (secondary N) is 3. The van der Waals surface area contributed by atoms with E-state index in [0.717, 1.165) is 32.4 Å². The van der Waals surface area contributed by atoms with Gasteiger partial charge in [-0.1, -0.05) is 13.8 Å². The number of carboxylic acids is 1. The summed E-state index contributed by atoms with van der Waals surface area (Å²) in [5.74, 6) is -0.769. The van der Waals surface area contributed by atoms with Crippen LogP contribution < -0.4 is 16.0 Å². The second kappa shape index (κ2) is 8.09. The first kappa shape index (κ1) is 16.8. The van der Waals surface area contributed by atoms with E-state index in [9.17, 15) is 9.59 Å². The van der Waals surface area contributed by atoms with E-state index < -0.39 is 5.97 Å². The number of piperidine rings is 1. The van der Waals surface area contributed by atoms with Crippen molar-refractivity contribution in [3.05, 3.63) is 0 Å². The molecule has 2 amide bonds. The molecule has 6 nitrogen and oxygen atoms in total. The van der Waals surface area contributed by atoms with Gasteiger partial charge in [-0.2, -0.15) is 0 Å². The Kier molecular flexibility index (Phi) is 6.78. The molecule has 0 radical (unpaired) electrons. The maximum absolute atomic E-state index is 11.7. The predicted molar refractivity (Wildman–Crippen MR) is 77.7 cm³/mol. The fraction of sp³-hybridized carbons (Fsp3) is 0.857. The third-order valence-electron chi connectivity index (χ3n) is 3.78. The molecular formula is C14H27N3O3. The highest BCUT2D eigenvalue weighted by molar-refractivity contribution is 5.74. The lowest BCUT2D eigenvalue weighted by Gasteiger charge is -2.26. The van der Waals surface area contributed by atoms with E-state index in [2.05, 4.69) is 16.0 Å². The Labute approximate surface area is 120 Å². The van der Waals surface area contributed by atoms with Gasteiger partial charge in [-0.25, -0.2) is 4.79 Å². The number of hydrogen-bond donors (Lipinski definition) is 4. The lowest BCUT2D eigenvalue weighted by Crippen LogP contribution is -2.47. The van der Waals surface area contributed by atoms with Crippen molar-refractivity contribution in [1.29, 1.82) is 0 Å².